The molecule has 1 unspecified atom stereocenters. The van der Waals surface area contributed by atoms with Crippen LogP contribution >= 0.6 is 11.3 Å². The Balaban J connectivity index is 2.06. The van der Waals surface area contributed by atoms with Gasteiger partial charge in [0.25, 0.3) is 0 Å². The zero-order valence-electron chi connectivity index (χ0n) is 11.8. The van der Waals surface area contributed by atoms with Crippen LogP contribution < -0.4 is 16.0 Å². The summed E-state index contributed by atoms with van der Waals surface area (Å²) in [6.07, 6.45) is 0. The van der Waals surface area contributed by atoms with Gasteiger partial charge >= 0.3 is 5.97 Å². The van der Waals surface area contributed by atoms with Gasteiger partial charge in [0, 0.05) is 11.4 Å². The van der Waals surface area contributed by atoms with Crippen LogP contribution in [0.15, 0.2) is 6.07 Å². The summed E-state index contributed by atoms with van der Waals surface area (Å²) in [4.78, 5) is 35.9. The first-order chi connectivity index (χ1) is 10.0. The first-order valence-electron chi connectivity index (χ1n) is 6.59. The molecule has 1 saturated heterocycles. The van der Waals surface area contributed by atoms with Crippen LogP contribution in [0.1, 0.15) is 22.2 Å². The Morgan fingerprint density at radius 2 is 2.29 bits per heavy atom. The predicted octanol–water partition coefficient (Wildman–Crippen LogP) is 0.260. The van der Waals surface area contributed by atoms with Crippen LogP contribution in [-0.4, -0.2) is 43.5 Å². The summed E-state index contributed by atoms with van der Waals surface area (Å²) in [5.74, 6) is -0.886. The van der Waals surface area contributed by atoms with Gasteiger partial charge in [0.2, 0.25) is 11.8 Å². The maximum Gasteiger partial charge on any atom is 0.341 e. The Labute approximate surface area is 126 Å². The Kier molecular flexibility index (Phi) is 4.92. The minimum absolute atomic E-state index is 0.103. The first-order valence-corrected chi connectivity index (χ1v) is 7.41. The molecule has 1 aliphatic rings. The van der Waals surface area contributed by atoms with E-state index in [0.29, 0.717) is 10.6 Å². The molecule has 0 aromatic carbocycles. The monoisotopic (exact) mass is 311 g/mol. The number of carbonyl (C=O) groups is 3. The van der Waals surface area contributed by atoms with Gasteiger partial charge in [0.15, 0.2) is 0 Å². The number of hydrogen-bond acceptors (Lipinski definition) is 6. The van der Waals surface area contributed by atoms with E-state index < -0.39 is 12.0 Å². The van der Waals surface area contributed by atoms with Gasteiger partial charge in [-0.25, -0.2) is 4.79 Å². The molecule has 2 rings (SSSR count). The summed E-state index contributed by atoms with van der Waals surface area (Å²) in [7, 11) is 0. The van der Waals surface area contributed by atoms with Gasteiger partial charge in [-0.05, 0) is 19.9 Å². The standard InChI is InChI=1S/C13H17N3O4S/c1-3-20-13(19)8-4-7(2)21-12(8)16-11(18)9-5-15-10(17)6-14-9/h4,9,14H,3,5-6H2,1-2H3,(H,15,17)(H,16,18). The minimum atomic E-state index is -0.514. The number of piperazine rings is 1. The van der Waals surface area contributed by atoms with Crippen LogP contribution in [0.3, 0.4) is 0 Å². The van der Waals surface area contributed by atoms with E-state index in [4.69, 9.17) is 4.74 Å². The fraction of sp³-hybridized carbons (Fsp3) is 0.462. The van der Waals surface area contributed by atoms with E-state index in [2.05, 4.69) is 16.0 Å². The zero-order valence-corrected chi connectivity index (χ0v) is 12.6. The van der Waals surface area contributed by atoms with Crippen LogP contribution in [0.2, 0.25) is 0 Å². The molecule has 8 heteroatoms. The van der Waals surface area contributed by atoms with Crippen molar-refractivity contribution in [2.45, 2.75) is 19.9 Å². The molecule has 0 bridgehead atoms. The maximum absolute atomic E-state index is 12.1. The van der Waals surface area contributed by atoms with E-state index in [9.17, 15) is 14.4 Å². The van der Waals surface area contributed by atoms with Crippen molar-refractivity contribution in [1.82, 2.24) is 10.6 Å². The quantitative estimate of drug-likeness (QED) is 0.693. The Hall–Kier alpha value is -1.93. The highest BCUT2D eigenvalue weighted by molar-refractivity contribution is 7.16. The average molecular weight is 311 g/mol. The van der Waals surface area contributed by atoms with Crippen molar-refractivity contribution in [2.75, 3.05) is 25.0 Å². The zero-order chi connectivity index (χ0) is 15.4. The molecule has 21 heavy (non-hydrogen) atoms. The van der Waals surface area contributed by atoms with Gasteiger partial charge in [-0.2, -0.15) is 0 Å². The van der Waals surface area contributed by atoms with Gasteiger partial charge in [0.1, 0.15) is 11.0 Å². The number of aryl methyl sites for hydroxylation is 1. The second-order valence-corrected chi connectivity index (χ2v) is 5.80. The molecular formula is C13H17N3O4S. The van der Waals surface area contributed by atoms with Gasteiger partial charge < -0.3 is 15.4 Å². The van der Waals surface area contributed by atoms with Crippen molar-refractivity contribution in [2.24, 2.45) is 0 Å². The van der Waals surface area contributed by atoms with Crippen molar-refractivity contribution < 1.29 is 19.1 Å². The van der Waals surface area contributed by atoms with Crippen LogP contribution in [0.25, 0.3) is 0 Å². The smallest absolute Gasteiger partial charge is 0.341 e. The van der Waals surface area contributed by atoms with Crippen LogP contribution in [0.4, 0.5) is 5.00 Å². The lowest BCUT2D eigenvalue weighted by atomic mass is 10.2. The van der Waals surface area contributed by atoms with Crippen molar-refractivity contribution in [3.05, 3.63) is 16.5 Å². The number of amides is 2. The molecule has 0 aliphatic carbocycles. The fourth-order valence-corrected chi connectivity index (χ4v) is 2.82. The highest BCUT2D eigenvalue weighted by atomic mass is 32.1. The van der Waals surface area contributed by atoms with Gasteiger partial charge in [-0.15, -0.1) is 11.3 Å². The number of rotatable bonds is 4. The molecule has 1 fully saturated rings. The maximum atomic E-state index is 12.1. The van der Waals surface area contributed by atoms with Gasteiger partial charge in [-0.1, -0.05) is 0 Å². The molecule has 3 N–H and O–H groups in total. The minimum Gasteiger partial charge on any atom is -0.462 e. The second-order valence-electron chi connectivity index (χ2n) is 4.55. The van der Waals surface area contributed by atoms with E-state index in [1.165, 1.54) is 11.3 Å². The summed E-state index contributed by atoms with van der Waals surface area (Å²) in [5.41, 5.74) is 0.354. The summed E-state index contributed by atoms with van der Waals surface area (Å²) in [6, 6.07) is 1.18. The molecule has 0 saturated carbocycles. The molecule has 1 atom stereocenters. The van der Waals surface area contributed by atoms with Crippen molar-refractivity contribution in [3.8, 4) is 0 Å². The topological polar surface area (TPSA) is 96.5 Å². The third kappa shape index (κ3) is 3.79. The number of nitrogens with one attached hydrogen (secondary N) is 3. The molecule has 7 nitrogen and oxygen atoms in total. The van der Waals surface area contributed by atoms with Gasteiger partial charge in [-0.3, -0.25) is 14.9 Å². The van der Waals surface area contributed by atoms with E-state index >= 15 is 0 Å². The summed E-state index contributed by atoms with van der Waals surface area (Å²) >= 11 is 1.31. The molecule has 2 amide bonds. The Bertz CT molecular complexity index is 560. The third-order valence-corrected chi connectivity index (χ3v) is 3.88. The predicted molar refractivity (Wildman–Crippen MR) is 78.4 cm³/mol. The van der Waals surface area contributed by atoms with Crippen LogP contribution in [0.5, 0.6) is 0 Å². The van der Waals surface area contributed by atoms with E-state index in [-0.39, 0.29) is 31.5 Å². The fourth-order valence-electron chi connectivity index (χ4n) is 1.92. The van der Waals surface area contributed by atoms with Crippen LogP contribution in [0, 0.1) is 6.92 Å². The number of esters is 1. The Morgan fingerprint density at radius 3 is 2.90 bits per heavy atom. The highest BCUT2D eigenvalue weighted by Crippen LogP contribution is 2.28. The number of carbonyl (C=O) groups excluding carboxylic acids is 3. The summed E-state index contributed by atoms with van der Waals surface area (Å²) in [6.45, 7) is 4.18. The lowest BCUT2D eigenvalue weighted by Gasteiger charge is -2.23. The van der Waals surface area contributed by atoms with E-state index in [0.717, 1.165) is 4.88 Å². The van der Waals surface area contributed by atoms with Gasteiger partial charge in [0.05, 0.1) is 18.7 Å². The van der Waals surface area contributed by atoms with Crippen molar-refractivity contribution in [1.29, 1.82) is 0 Å². The molecule has 2 heterocycles. The lowest BCUT2D eigenvalue weighted by Crippen LogP contribution is -2.56. The number of ether oxygens (including phenoxy) is 1. The molecule has 1 aromatic rings. The molecule has 0 spiro atoms. The SMILES string of the molecule is CCOC(=O)c1cc(C)sc1NC(=O)C1CNC(=O)CN1. The molecule has 114 valence electrons. The molecular weight excluding hydrogens is 294 g/mol. The largest absolute Gasteiger partial charge is 0.462 e. The normalized spacial score (nSPS) is 18.0. The van der Waals surface area contributed by atoms with E-state index in [1.54, 1.807) is 13.0 Å². The summed E-state index contributed by atoms with van der Waals surface area (Å²) < 4.78 is 4.97. The average Bonchev–Trinajstić information content (AvgIpc) is 2.80. The van der Waals surface area contributed by atoms with E-state index in [1.807, 2.05) is 6.92 Å². The Morgan fingerprint density at radius 1 is 1.52 bits per heavy atom. The van der Waals surface area contributed by atoms with Crippen molar-refractivity contribution >= 4 is 34.1 Å². The number of anilines is 1. The molecule has 0 radical (unpaired) electrons. The number of hydrogen-bond donors (Lipinski definition) is 3. The molecule has 1 aliphatic heterocycles. The first kappa shape index (κ1) is 15.5. The third-order valence-electron chi connectivity index (χ3n) is 2.92. The second kappa shape index (κ2) is 6.68. The molecule has 1 aromatic heterocycles. The van der Waals surface area contributed by atoms with Crippen molar-refractivity contribution in [3.63, 3.8) is 0 Å². The van der Waals surface area contributed by atoms with Crippen LogP contribution in [-0.2, 0) is 14.3 Å². The summed E-state index contributed by atoms with van der Waals surface area (Å²) in [5, 5.41) is 8.63. The lowest BCUT2D eigenvalue weighted by molar-refractivity contribution is -0.124. The number of thiophene rings is 1. The highest BCUT2D eigenvalue weighted by Gasteiger charge is 2.26.